The quantitative estimate of drug-likeness (QED) is 0.754. The highest BCUT2D eigenvalue weighted by atomic mass is 32.2. The summed E-state index contributed by atoms with van der Waals surface area (Å²) in [4.78, 5) is 31.2. The maximum absolute atomic E-state index is 12.6. The van der Waals surface area contributed by atoms with Gasteiger partial charge in [-0.1, -0.05) is 43.8 Å². The van der Waals surface area contributed by atoms with Crippen LogP contribution in [0.25, 0.3) is 0 Å². The number of anilines is 1. The molecule has 1 atom stereocenters. The molecule has 1 aliphatic rings. The number of benzene rings is 2. The summed E-state index contributed by atoms with van der Waals surface area (Å²) in [6.07, 6.45) is 0.117. The SMILES string of the molecule is Cc1cc(C)cc(N=C2S[C@@H](CC(=O)Nc3ccc(C(C)C)cc3)C(=O)N2C)c1. The Bertz CT molecular complexity index is 931. The van der Waals surface area contributed by atoms with Gasteiger partial charge in [0.05, 0.1) is 5.69 Å². The van der Waals surface area contributed by atoms with Crippen LogP contribution in [-0.4, -0.2) is 34.2 Å². The van der Waals surface area contributed by atoms with E-state index >= 15 is 0 Å². The predicted octanol–water partition coefficient (Wildman–Crippen LogP) is 5.02. The van der Waals surface area contributed by atoms with E-state index in [1.807, 2.05) is 50.2 Å². The second kappa shape index (κ2) is 8.82. The van der Waals surface area contributed by atoms with Crippen molar-refractivity contribution in [2.75, 3.05) is 12.4 Å². The van der Waals surface area contributed by atoms with Crippen LogP contribution < -0.4 is 5.32 Å². The van der Waals surface area contributed by atoms with Gasteiger partial charge in [-0.05, 0) is 60.7 Å². The van der Waals surface area contributed by atoms with E-state index in [0.29, 0.717) is 11.1 Å². The van der Waals surface area contributed by atoms with E-state index in [1.54, 1.807) is 7.05 Å². The first-order chi connectivity index (χ1) is 13.7. The molecule has 0 radical (unpaired) electrons. The first-order valence-corrected chi connectivity index (χ1v) is 10.6. The van der Waals surface area contributed by atoms with Gasteiger partial charge in [0.2, 0.25) is 11.8 Å². The molecule has 1 saturated heterocycles. The van der Waals surface area contributed by atoms with Crippen LogP contribution in [0, 0.1) is 13.8 Å². The number of aryl methyl sites for hydroxylation is 2. The third kappa shape index (κ3) is 5.26. The number of nitrogens with one attached hydrogen (secondary N) is 1. The van der Waals surface area contributed by atoms with Crippen LogP contribution in [0.4, 0.5) is 11.4 Å². The number of aliphatic imine (C=N–C) groups is 1. The topological polar surface area (TPSA) is 61.8 Å². The number of amides is 2. The van der Waals surface area contributed by atoms with Gasteiger partial charge in [-0.2, -0.15) is 0 Å². The lowest BCUT2D eigenvalue weighted by molar-refractivity contribution is -0.127. The van der Waals surface area contributed by atoms with Crippen LogP contribution in [0.3, 0.4) is 0 Å². The van der Waals surface area contributed by atoms with Gasteiger partial charge in [0.15, 0.2) is 5.17 Å². The number of thioether (sulfide) groups is 1. The Morgan fingerprint density at radius 3 is 2.34 bits per heavy atom. The molecule has 0 bridgehead atoms. The number of carbonyl (C=O) groups excluding carboxylic acids is 2. The molecule has 152 valence electrons. The second-order valence-electron chi connectivity index (χ2n) is 7.77. The van der Waals surface area contributed by atoms with Crippen molar-refractivity contribution in [3.8, 4) is 0 Å². The van der Waals surface area contributed by atoms with Crippen molar-refractivity contribution in [3.63, 3.8) is 0 Å². The molecule has 2 aromatic carbocycles. The molecule has 0 saturated carbocycles. The molecule has 1 N–H and O–H groups in total. The monoisotopic (exact) mass is 409 g/mol. The highest BCUT2D eigenvalue weighted by Gasteiger charge is 2.37. The molecule has 1 fully saturated rings. The van der Waals surface area contributed by atoms with Gasteiger partial charge in [-0.25, -0.2) is 4.99 Å². The number of amidine groups is 1. The zero-order valence-electron chi connectivity index (χ0n) is 17.5. The maximum atomic E-state index is 12.6. The molecule has 3 rings (SSSR count). The van der Waals surface area contributed by atoms with Gasteiger partial charge < -0.3 is 5.32 Å². The average Bonchev–Trinajstić information content (AvgIpc) is 2.89. The highest BCUT2D eigenvalue weighted by molar-refractivity contribution is 8.15. The van der Waals surface area contributed by atoms with Crippen LogP contribution in [0.2, 0.25) is 0 Å². The number of hydrogen-bond donors (Lipinski definition) is 1. The number of nitrogens with zero attached hydrogens (tertiary/aromatic N) is 2. The minimum absolute atomic E-state index is 0.0940. The number of carbonyl (C=O) groups is 2. The fraction of sp³-hybridized carbons (Fsp3) is 0.348. The van der Waals surface area contributed by atoms with Gasteiger partial charge in [-0.15, -0.1) is 0 Å². The van der Waals surface area contributed by atoms with Crippen LogP contribution in [0.1, 0.15) is 42.9 Å². The van der Waals surface area contributed by atoms with Crippen molar-refractivity contribution in [3.05, 3.63) is 59.2 Å². The molecule has 0 aliphatic carbocycles. The third-order valence-corrected chi connectivity index (χ3v) is 6.03. The zero-order chi connectivity index (χ0) is 21.1. The Kier molecular flexibility index (Phi) is 6.42. The van der Waals surface area contributed by atoms with E-state index in [1.165, 1.54) is 22.2 Å². The van der Waals surface area contributed by atoms with E-state index in [4.69, 9.17) is 0 Å². The summed E-state index contributed by atoms with van der Waals surface area (Å²) in [7, 11) is 1.71. The van der Waals surface area contributed by atoms with Crippen LogP contribution in [-0.2, 0) is 9.59 Å². The van der Waals surface area contributed by atoms with Gasteiger partial charge in [0, 0.05) is 19.2 Å². The van der Waals surface area contributed by atoms with E-state index < -0.39 is 5.25 Å². The van der Waals surface area contributed by atoms with Crippen molar-refractivity contribution < 1.29 is 9.59 Å². The Labute approximate surface area is 176 Å². The van der Waals surface area contributed by atoms with Gasteiger partial charge in [0.25, 0.3) is 0 Å². The minimum atomic E-state index is -0.459. The number of hydrogen-bond acceptors (Lipinski definition) is 4. The first kappa shape index (κ1) is 21.1. The summed E-state index contributed by atoms with van der Waals surface area (Å²) in [6.45, 7) is 8.30. The van der Waals surface area contributed by atoms with Crippen molar-refractivity contribution in [2.45, 2.75) is 45.3 Å². The third-order valence-electron chi connectivity index (χ3n) is 4.80. The zero-order valence-corrected chi connectivity index (χ0v) is 18.3. The summed E-state index contributed by atoms with van der Waals surface area (Å²) in [6, 6.07) is 13.9. The number of rotatable bonds is 5. The lowest BCUT2D eigenvalue weighted by atomic mass is 10.0. The van der Waals surface area contributed by atoms with E-state index in [-0.39, 0.29) is 18.2 Å². The Morgan fingerprint density at radius 2 is 1.76 bits per heavy atom. The summed E-state index contributed by atoms with van der Waals surface area (Å²) in [5, 5.41) is 3.05. The Hall–Kier alpha value is -2.60. The molecular weight excluding hydrogens is 382 g/mol. The predicted molar refractivity (Wildman–Crippen MR) is 121 cm³/mol. The van der Waals surface area contributed by atoms with Gasteiger partial charge in [0.1, 0.15) is 5.25 Å². The van der Waals surface area contributed by atoms with Gasteiger partial charge in [-0.3, -0.25) is 14.5 Å². The molecular formula is C23H27N3O2S. The molecule has 2 amide bonds. The normalized spacial score (nSPS) is 18.0. The molecule has 2 aromatic rings. The lowest BCUT2D eigenvalue weighted by Crippen LogP contribution is -2.30. The van der Waals surface area contributed by atoms with Crippen LogP contribution in [0.5, 0.6) is 0 Å². The molecule has 6 heteroatoms. The lowest BCUT2D eigenvalue weighted by Gasteiger charge is -2.10. The molecule has 0 aromatic heterocycles. The summed E-state index contributed by atoms with van der Waals surface area (Å²) in [5.41, 5.74) is 5.03. The minimum Gasteiger partial charge on any atom is -0.326 e. The molecule has 1 aliphatic heterocycles. The van der Waals surface area contributed by atoms with Crippen LogP contribution in [0.15, 0.2) is 47.5 Å². The highest BCUT2D eigenvalue weighted by Crippen LogP contribution is 2.31. The Balaban J connectivity index is 1.66. The molecule has 0 unspecified atom stereocenters. The molecule has 0 spiro atoms. The van der Waals surface area contributed by atoms with Crippen molar-refractivity contribution >= 4 is 40.1 Å². The average molecular weight is 410 g/mol. The Morgan fingerprint density at radius 1 is 1.14 bits per heavy atom. The maximum Gasteiger partial charge on any atom is 0.242 e. The fourth-order valence-electron chi connectivity index (χ4n) is 3.25. The van der Waals surface area contributed by atoms with E-state index in [2.05, 4.69) is 30.2 Å². The summed E-state index contributed by atoms with van der Waals surface area (Å²) in [5.74, 6) is 0.176. The van der Waals surface area contributed by atoms with Crippen LogP contribution >= 0.6 is 11.8 Å². The molecule has 29 heavy (non-hydrogen) atoms. The van der Waals surface area contributed by atoms with E-state index in [0.717, 1.165) is 22.5 Å². The summed E-state index contributed by atoms with van der Waals surface area (Å²) < 4.78 is 0. The summed E-state index contributed by atoms with van der Waals surface area (Å²) >= 11 is 1.34. The standard InChI is InChI=1S/C23H27N3O2S/c1-14(2)17-6-8-18(9-7-17)24-21(27)13-20-22(28)26(5)23(29-20)25-19-11-15(3)10-16(4)12-19/h6-12,14,20H,13H2,1-5H3,(H,24,27)/t20-/m0/s1. The largest absolute Gasteiger partial charge is 0.326 e. The van der Waals surface area contributed by atoms with Gasteiger partial charge >= 0.3 is 0 Å². The molecule has 1 heterocycles. The van der Waals surface area contributed by atoms with E-state index in [9.17, 15) is 9.59 Å². The van der Waals surface area contributed by atoms with Crippen molar-refractivity contribution in [2.24, 2.45) is 4.99 Å². The van der Waals surface area contributed by atoms with Crippen molar-refractivity contribution in [1.82, 2.24) is 4.90 Å². The molecule has 5 nitrogen and oxygen atoms in total. The first-order valence-electron chi connectivity index (χ1n) is 9.74. The smallest absolute Gasteiger partial charge is 0.242 e. The second-order valence-corrected chi connectivity index (χ2v) is 8.94. The van der Waals surface area contributed by atoms with Crippen molar-refractivity contribution in [1.29, 1.82) is 0 Å². The fourth-order valence-corrected chi connectivity index (χ4v) is 4.41.